The first-order valence-corrected chi connectivity index (χ1v) is 16.7. The molecule has 2 unspecified atom stereocenters. The fraction of sp³-hybridized carbons (Fsp3) is 0.400. The maximum absolute atomic E-state index is 14.0. The van der Waals surface area contributed by atoms with Gasteiger partial charge in [-0.25, -0.2) is 4.98 Å². The van der Waals surface area contributed by atoms with Gasteiger partial charge in [-0.05, 0) is 48.3 Å². The van der Waals surface area contributed by atoms with Crippen molar-refractivity contribution in [3.63, 3.8) is 0 Å². The number of fused-ring (bicyclic) bond motifs is 1. The Balaban J connectivity index is 1.40. The number of halogens is 3. The Kier molecular flexibility index (Phi) is 11.4. The average Bonchev–Trinajstić information content (AvgIpc) is 3.43. The van der Waals surface area contributed by atoms with Crippen LogP contribution in [0.25, 0.3) is 16.7 Å². The second-order valence-corrected chi connectivity index (χ2v) is 12.5. The van der Waals surface area contributed by atoms with E-state index in [0.29, 0.717) is 48.9 Å². The first-order valence-electron chi connectivity index (χ1n) is 14.4. The van der Waals surface area contributed by atoms with Gasteiger partial charge in [0.1, 0.15) is 23.6 Å². The molecule has 2 atom stereocenters. The summed E-state index contributed by atoms with van der Waals surface area (Å²) in [6, 6.07) is 12.9. The molecule has 1 aliphatic heterocycles. The first kappa shape index (κ1) is 33.9. The Morgan fingerprint density at radius 2 is 1.76 bits per heavy atom. The molecule has 4 aromatic rings. The van der Waals surface area contributed by atoms with E-state index in [2.05, 4.69) is 14.9 Å². The van der Waals surface area contributed by atoms with E-state index in [1.165, 1.54) is 25.3 Å². The van der Waals surface area contributed by atoms with Crippen molar-refractivity contribution in [3.8, 4) is 17.2 Å². The van der Waals surface area contributed by atoms with E-state index < -0.39 is 34.7 Å². The van der Waals surface area contributed by atoms with Gasteiger partial charge < -0.3 is 23.5 Å². The third kappa shape index (κ3) is 8.49. The van der Waals surface area contributed by atoms with Gasteiger partial charge >= 0.3 is 6.18 Å². The summed E-state index contributed by atoms with van der Waals surface area (Å²) < 4.78 is 100. The monoisotopic (exact) mass is 681 g/mol. The lowest BCUT2D eigenvalue weighted by molar-refractivity contribution is -0.153. The SMILES string of the molecule is Cc1c(OCC(F)(F)F)ccnc1CS(=O)c1nc2c(S(=O)[O-])cccc2n1-c1ccccc1OCCOCCN1CCOCC1. The predicted octanol–water partition coefficient (Wildman–Crippen LogP) is 3.94. The summed E-state index contributed by atoms with van der Waals surface area (Å²) in [7, 11) is -1.94. The highest BCUT2D eigenvalue weighted by atomic mass is 32.2. The molecule has 2 aromatic heterocycles. The number of benzene rings is 2. The van der Waals surface area contributed by atoms with Gasteiger partial charge in [-0.1, -0.05) is 18.2 Å². The molecule has 3 heterocycles. The highest BCUT2D eigenvalue weighted by Crippen LogP contribution is 2.33. The molecule has 1 fully saturated rings. The van der Waals surface area contributed by atoms with Crippen molar-refractivity contribution in [3.05, 3.63) is 66.0 Å². The summed E-state index contributed by atoms with van der Waals surface area (Å²) >= 11 is -2.64. The van der Waals surface area contributed by atoms with Crippen LogP contribution < -0.4 is 9.47 Å². The molecule has 46 heavy (non-hydrogen) atoms. The highest BCUT2D eigenvalue weighted by Gasteiger charge is 2.29. The van der Waals surface area contributed by atoms with Crippen LogP contribution in [0, 0.1) is 6.92 Å². The smallest absolute Gasteiger partial charge is 0.422 e. The number of para-hydroxylation sites is 3. The van der Waals surface area contributed by atoms with Crippen LogP contribution in [-0.2, 0) is 37.1 Å². The molecule has 0 saturated carbocycles. The van der Waals surface area contributed by atoms with Gasteiger partial charge in [0.2, 0.25) is 5.16 Å². The summed E-state index contributed by atoms with van der Waals surface area (Å²) in [5.41, 5.74) is 1.47. The molecule has 2 aromatic carbocycles. The minimum absolute atomic E-state index is 0.00789. The van der Waals surface area contributed by atoms with Crippen molar-refractivity contribution >= 4 is 32.9 Å². The Morgan fingerprint density at radius 1 is 0.978 bits per heavy atom. The molecule has 0 spiro atoms. The number of aromatic nitrogens is 3. The van der Waals surface area contributed by atoms with E-state index in [-0.39, 0.29) is 39.4 Å². The molecular weight excluding hydrogens is 649 g/mol. The number of morpholine rings is 1. The Labute approximate surface area is 268 Å². The highest BCUT2D eigenvalue weighted by molar-refractivity contribution is 7.84. The number of ether oxygens (including phenoxy) is 4. The summed E-state index contributed by atoms with van der Waals surface area (Å²) in [5.74, 6) is 0.152. The third-order valence-electron chi connectivity index (χ3n) is 7.17. The van der Waals surface area contributed by atoms with Crippen LogP contribution in [0.4, 0.5) is 13.2 Å². The molecule has 0 amide bonds. The molecule has 0 aliphatic carbocycles. The number of pyridine rings is 1. The maximum atomic E-state index is 14.0. The zero-order valence-corrected chi connectivity index (χ0v) is 26.5. The van der Waals surface area contributed by atoms with Gasteiger partial charge in [-0.3, -0.25) is 22.9 Å². The molecule has 248 valence electrons. The number of alkyl halides is 3. The number of hydrogen-bond acceptors (Lipinski definition) is 10. The van der Waals surface area contributed by atoms with Crippen molar-refractivity contribution in [2.24, 2.45) is 0 Å². The maximum Gasteiger partial charge on any atom is 0.422 e. The lowest BCUT2D eigenvalue weighted by Gasteiger charge is -2.26. The normalized spacial score (nSPS) is 15.6. The van der Waals surface area contributed by atoms with Gasteiger partial charge in [0, 0.05) is 31.4 Å². The predicted molar refractivity (Wildman–Crippen MR) is 162 cm³/mol. The third-order valence-corrected chi connectivity index (χ3v) is 9.07. The number of imidazole rings is 1. The standard InChI is InChI=1S/C30H33F3N4O7S2/c1-21-22(34-10-9-25(21)44-20-30(31,32)33)19-45(38)29-35-28-24(6-4-8-27(28)46(39)40)37(29)23-5-2-3-7-26(23)43-18-17-42-16-13-36-11-14-41-15-12-36/h2-10H,11-20H2,1H3,(H,39,40)/p-1. The summed E-state index contributed by atoms with van der Waals surface area (Å²) in [6.07, 6.45) is -3.26. The van der Waals surface area contributed by atoms with Crippen molar-refractivity contribution in [2.75, 3.05) is 59.3 Å². The quantitative estimate of drug-likeness (QED) is 0.143. The molecule has 1 aliphatic rings. The van der Waals surface area contributed by atoms with Crippen molar-refractivity contribution < 1.29 is 45.1 Å². The van der Waals surface area contributed by atoms with Crippen molar-refractivity contribution in [1.29, 1.82) is 0 Å². The molecule has 11 nitrogen and oxygen atoms in total. The Hall–Kier alpha value is -3.41. The summed E-state index contributed by atoms with van der Waals surface area (Å²) in [5, 5.41) is 0.00789. The zero-order valence-electron chi connectivity index (χ0n) is 24.9. The van der Waals surface area contributed by atoms with Gasteiger partial charge in [-0.2, -0.15) is 13.2 Å². The molecule has 16 heteroatoms. The largest absolute Gasteiger partial charge is 0.768 e. The van der Waals surface area contributed by atoms with Crippen molar-refractivity contribution in [2.45, 2.75) is 28.9 Å². The van der Waals surface area contributed by atoms with E-state index in [9.17, 15) is 26.1 Å². The van der Waals surface area contributed by atoms with Crippen LogP contribution in [-0.4, -0.2) is 97.9 Å². The summed E-state index contributed by atoms with van der Waals surface area (Å²) in [4.78, 5) is 10.9. The van der Waals surface area contributed by atoms with Gasteiger partial charge in [0.15, 0.2) is 6.61 Å². The van der Waals surface area contributed by atoms with E-state index >= 15 is 0 Å². The van der Waals surface area contributed by atoms with E-state index in [0.717, 1.165) is 19.6 Å². The lowest BCUT2D eigenvalue weighted by atomic mass is 10.2. The Morgan fingerprint density at radius 3 is 2.52 bits per heavy atom. The molecule has 0 bridgehead atoms. The van der Waals surface area contributed by atoms with Crippen LogP contribution in [0.2, 0.25) is 0 Å². The fourth-order valence-corrected chi connectivity index (χ4v) is 6.64. The number of hydrogen-bond donors (Lipinski definition) is 0. The van der Waals surface area contributed by atoms with E-state index in [4.69, 9.17) is 18.9 Å². The van der Waals surface area contributed by atoms with Gasteiger partial charge in [0.25, 0.3) is 0 Å². The van der Waals surface area contributed by atoms with Crippen LogP contribution in [0.1, 0.15) is 11.3 Å². The van der Waals surface area contributed by atoms with Crippen LogP contribution >= 0.6 is 0 Å². The van der Waals surface area contributed by atoms with Gasteiger partial charge in [0.05, 0.1) is 64.8 Å². The second kappa shape index (κ2) is 15.5. The van der Waals surface area contributed by atoms with Crippen LogP contribution in [0.5, 0.6) is 11.5 Å². The average molecular weight is 682 g/mol. The Bertz CT molecular complexity index is 1700. The molecule has 1 saturated heterocycles. The number of nitrogens with zero attached hydrogens (tertiary/aromatic N) is 4. The van der Waals surface area contributed by atoms with E-state index in [1.807, 2.05) is 0 Å². The summed E-state index contributed by atoms with van der Waals surface area (Å²) in [6.45, 7) is 5.04. The van der Waals surface area contributed by atoms with E-state index in [1.54, 1.807) is 41.0 Å². The first-order chi connectivity index (χ1) is 22.1. The minimum Gasteiger partial charge on any atom is -0.768 e. The molecular formula is C30H32F3N4O7S2-. The molecule has 0 radical (unpaired) electrons. The number of rotatable bonds is 14. The minimum atomic E-state index is -4.53. The zero-order chi connectivity index (χ0) is 32.7. The topological polar surface area (TPSA) is 128 Å². The molecule has 0 N–H and O–H groups in total. The second-order valence-electron chi connectivity index (χ2n) is 10.2. The van der Waals surface area contributed by atoms with Gasteiger partial charge in [-0.15, -0.1) is 0 Å². The molecule has 5 rings (SSSR count). The van der Waals surface area contributed by atoms with Crippen molar-refractivity contribution in [1.82, 2.24) is 19.4 Å². The van der Waals surface area contributed by atoms with Crippen LogP contribution in [0.15, 0.2) is 64.8 Å². The fourth-order valence-electron chi connectivity index (χ4n) is 4.88. The lowest BCUT2D eigenvalue weighted by Crippen LogP contribution is -2.38. The van der Waals surface area contributed by atoms with Crippen LogP contribution in [0.3, 0.4) is 0 Å².